The molecule has 1 aromatic heterocycles. The molecule has 2 amide bonds. The highest BCUT2D eigenvalue weighted by molar-refractivity contribution is 7.17. The van der Waals surface area contributed by atoms with Crippen LogP contribution in [-0.2, 0) is 4.79 Å². The smallest absolute Gasteiger partial charge is 0.263 e. The van der Waals surface area contributed by atoms with Gasteiger partial charge in [-0.15, -0.1) is 11.3 Å². The summed E-state index contributed by atoms with van der Waals surface area (Å²) in [5.74, 6) is 0.210. The van der Waals surface area contributed by atoms with Crippen molar-refractivity contribution in [3.63, 3.8) is 0 Å². The number of halogens is 1. The number of thiophene rings is 1. The number of hydrogen-bond donors (Lipinski definition) is 1. The third-order valence-electron chi connectivity index (χ3n) is 4.65. The SMILES string of the molecule is CCCNC(=O)C1CCN(C(=O)c2ccc(-c3ccc(Cl)cc3)s2)CC1. The van der Waals surface area contributed by atoms with Crippen LogP contribution in [0.15, 0.2) is 36.4 Å². The predicted octanol–water partition coefficient (Wildman–Crippen LogP) is 4.45. The van der Waals surface area contributed by atoms with E-state index in [0.29, 0.717) is 18.1 Å². The van der Waals surface area contributed by atoms with Crippen molar-refractivity contribution >= 4 is 34.8 Å². The number of benzene rings is 1. The largest absolute Gasteiger partial charge is 0.356 e. The van der Waals surface area contributed by atoms with Gasteiger partial charge in [-0.2, -0.15) is 0 Å². The summed E-state index contributed by atoms with van der Waals surface area (Å²) in [6, 6.07) is 11.5. The van der Waals surface area contributed by atoms with E-state index < -0.39 is 0 Å². The standard InChI is InChI=1S/C20H23ClN2O2S/c1-2-11-22-19(24)15-9-12-23(13-10-15)20(25)18-8-7-17(26-18)14-3-5-16(21)6-4-14/h3-8,15H,2,9-13H2,1H3,(H,22,24). The zero-order valence-corrected chi connectivity index (χ0v) is 16.4. The van der Waals surface area contributed by atoms with Crippen LogP contribution < -0.4 is 5.32 Å². The van der Waals surface area contributed by atoms with E-state index in [-0.39, 0.29) is 17.7 Å². The molecule has 0 radical (unpaired) electrons. The van der Waals surface area contributed by atoms with Crippen molar-refractivity contribution in [2.45, 2.75) is 26.2 Å². The van der Waals surface area contributed by atoms with E-state index in [2.05, 4.69) is 5.32 Å². The Labute approximate surface area is 163 Å². The molecule has 1 fully saturated rings. The maximum Gasteiger partial charge on any atom is 0.263 e. The van der Waals surface area contributed by atoms with Crippen LogP contribution >= 0.6 is 22.9 Å². The Morgan fingerprint density at radius 3 is 2.50 bits per heavy atom. The Hall–Kier alpha value is -1.85. The average molecular weight is 391 g/mol. The van der Waals surface area contributed by atoms with E-state index in [9.17, 15) is 9.59 Å². The molecular weight excluding hydrogens is 368 g/mol. The second-order valence-electron chi connectivity index (χ2n) is 6.53. The Kier molecular flexibility index (Phi) is 6.33. The summed E-state index contributed by atoms with van der Waals surface area (Å²) in [6.07, 6.45) is 2.41. The van der Waals surface area contributed by atoms with Crippen molar-refractivity contribution < 1.29 is 9.59 Å². The highest BCUT2D eigenvalue weighted by Gasteiger charge is 2.28. The molecule has 1 aliphatic rings. The van der Waals surface area contributed by atoms with Crippen LogP contribution in [0.2, 0.25) is 5.02 Å². The van der Waals surface area contributed by atoms with Gasteiger partial charge < -0.3 is 10.2 Å². The molecule has 2 heterocycles. The minimum absolute atomic E-state index is 0.0264. The molecule has 1 aromatic carbocycles. The third-order valence-corrected chi connectivity index (χ3v) is 6.02. The molecule has 1 N–H and O–H groups in total. The number of carbonyl (C=O) groups excluding carboxylic acids is 2. The normalized spacial score (nSPS) is 15.1. The van der Waals surface area contributed by atoms with Gasteiger partial charge >= 0.3 is 0 Å². The predicted molar refractivity (Wildman–Crippen MR) is 107 cm³/mol. The lowest BCUT2D eigenvalue weighted by Gasteiger charge is -2.31. The molecule has 0 unspecified atom stereocenters. The summed E-state index contributed by atoms with van der Waals surface area (Å²) < 4.78 is 0. The van der Waals surface area contributed by atoms with Crippen molar-refractivity contribution in [1.29, 1.82) is 0 Å². The van der Waals surface area contributed by atoms with Gasteiger partial charge in [-0.05, 0) is 49.1 Å². The number of amides is 2. The molecule has 1 saturated heterocycles. The number of nitrogens with zero attached hydrogens (tertiary/aromatic N) is 1. The van der Waals surface area contributed by atoms with Gasteiger partial charge in [0.2, 0.25) is 5.91 Å². The first-order chi connectivity index (χ1) is 12.6. The van der Waals surface area contributed by atoms with Crippen molar-refractivity contribution in [2.75, 3.05) is 19.6 Å². The van der Waals surface area contributed by atoms with Gasteiger partial charge in [0.05, 0.1) is 4.88 Å². The molecular formula is C20H23ClN2O2S. The summed E-state index contributed by atoms with van der Waals surface area (Å²) in [5.41, 5.74) is 1.06. The summed E-state index contributed by atoms with van der Waals surface area (Å²) in [7, 11) is 0. The maximum atomic E-state index is 12.8. The quantitative estimate of drug-likeness (QED) is 0.820. The third kappa shape index (κ3) is 4.46. The molecule has 0 spiro atoms. The summed E-state index contributed by atoms with van der Waals surface area (Å²) in [5, 5.41) is 3.65. The average Bonchev–Trinajstić information content (AvgIpc) is 3.16. The summed E-state index contributed by atoms with van der Waals surface area (Å²) in [6.45, 7) is 4.04. The summed E-state index contributed by atoms with van der Waals surface area (Å²) in [4.78, 5) is 28.5. The van der Waals surface area contributed by atoms with E-state index in [0.717, 1.165) is 41.1 Å². The Morgan fingerprint density at radius 1 is 1.15 bits per heavy atom. The highest BCUT2D eigenvalue weighted by atomic mass is 35.5. The van der Waals surface area contributed by atoms with Gasteiger partial charge in [0, 0.05) is 35.5 Å². The fourth-order valence-electron chi connectivity index (χ4n) is 3.12. The number of nitrogens with one attached hydrogen (secondary N) is 1. The maximum absolute atomic E-state index is 12.8. The van der Waals surface area contributed by atoms with Crippen LogP contribution in [0.1, 0.15) is 35.9 Å². The first-order valence-electron chi connectivity index (χ1n) is 9.01. The fraction of sp³-hybridized carbons (Fsp3) is 0.400. The van der Waals surface area contributed by atoms with E-state index in [1.54, 1.807) is 0 Å². The lowest BCUT2D eigenvalue weighted by molar-refractivity contribution is -0.126. The van der Waals surface area contributed by atoms with Gasteiger partial charge in [-0.25, -0.2) is 0 Å². The number of carbonyl (C=O) groups is 2. The number of piperidine rings is 1. The molecule has 4 nitrogen and oxygen atoms in total. The fourth-order valence-corrected chi connectivity index (χ4v) is 4.22. The zero-order chi connectivity index (χ0) is 18.5. The van der Waals surface area contributed by atoms with Gasteiger partial charge in [0.15, 0.2) is 0 Å². The summed E-state index contributed by atoms with van der Waals surface area (Å²) >= 11 is 7.43. The molecule has 0 aliphatic carbocycles. The molecule has 2 aromatic rings. The lowest BCUT2D eigenvalue weighted by Crippen LogP contribution is -2.43. The molecule has 0 atom stereocenters. The van der Waals surface area contributed by atoms with Crippen LogP contribution in [0.5, 0.6) is 0 Å². The first-order valence-corrected chi connectivity index (χ1v) is 10.2. The van der Waals surface area contributed by atoms with Crippen LogP contribution in [0.3, 0.4) is 0 Å². The van der Waals surface area contributed by atoms with Gasteiger partial charge in [0.25, 0.3) is 5.91 Å². The van der Waals surface area contributed by atoms with E-state index in [1.165, 1.54) is 11.3 Å². The van der Waals surface area contributed by atoms with Gasteiger partial charge in [-0.3, -0.25) is 9.59 Å². The second kappa shape index (κ2) is 8.69. The molecule has 0 bridgehead atoms. The first kappa shape index (κ1) is 18.9. The molecule has 1 aliphatic heterocycles. The molecule has 6 heteroatoms. The van der Waals surface area contributed by atoms with E-state index in [1.807, 2.05) is 48.2 Å². The van der Waals surface area contributed by atoms with Gasteiger partial charge in [0.1, 0.15) is 0 Å². The molecule has 138 valence electrons. The van der Waals surface area contributed by atoms with Crippen LogP contribution in [0, 0.1) is 5.92 Å². The number of rotatable bonds is 5. The van der Waals surface area contributed by atoms with E-state index >= 15 is 0 Å². The minimum Gasteiger partial charge on any atom is -0.356 e. The minimum atomic E-state index is 0.0264. The van der Waals surface area contributed by atoms with Crippen LogP contribution in [-0.4, -0.2) is 36.3 Å². The molecule has 26 heavy (non-hydrogen) atoms. The van der Waals surface area contributed by atoms with Crippen LogP contribution in [0.25, 0.3) is 10.4 Å². The second-order valence-corrected chi connectivity index (χ2v) is 8.05. The Balaban J connectivity index is 1.59. The molecule has 0 saturated carbocycles. The zero-order valence-electron chi connectivity index (χ0n) is 14.8. The monoisotopic (exact) mass is 390 g/mol. The Bertz CT molecular complexity index is 764. The van der Waals surface area contributed by atoms with Crippen molar-refractivity contribution in [1.82, 2.24) is 10.2 Å². The van der Waals surface area contributed by atoms with Crippen molar-refractivity contribution in [3.05, 3.63) is 46.3 Å². The van der Waals surface area contributed by atoms with Gasteiger partial charge in [-0.1, -0.05) is 30.7 Å². The van der Waals surface area contributed by atoms with Crippen LogP contribution in [0.4, 0.5) is 0 Å². The number of likely N-dealkylation sites (tertiary alicyclic amines) is 1. The van der Waals surface area contributed by atoms with Crippen molar-refractivity contribution in [3.8, 4) is 10.4 Å². The van der Waals surface area contributed by atoms with E-state index in [4.69, 9.17) is 11.6 Å². The Morgan fingerprint density at radius 2 is 1.85 bits per heavy atom. The highest BCUT2D eigenvalue weighted by Crippen LogP contribution is 2.30. The van der Waals surface area contributed by atoms with Crippen molar-refractivity contribution in [2.24, 2.45) is 5.92 Å². The topological polar surface area (TPSA) is 49.4 Å². The molecule has 3 rings (SSSR count). The number of hydrogen-bond acceptors (Lipinski definition) is 3. The lowest BCUT2D eigenvalue weighted by atomic mass is 9.96.